The van der Waals surface area contributed by atoms with Crippen molar-refractivity contribution < 1.29 is 14.3 Å². The number of halogens is 3. The molecule has 28 heavy (non-hydrogen) atoms. The molecule has 2 atom stereocenters. The highest BCUT2D eigenvalue weighted by atomic mass is 35.5. The smallest absolute Gasteiger partial charge is 0.199 e. The number of Topliss-reactive ketones (excluding diaryl/α,β-unsaturated/α-hetero) is 2. The van der Waals surface area contributed by atoms with Gasteiger partial charge in [-0.3, -0.25) is 9.59 Å². The summed E-state index contributed by atoms with van der Waals surface area (Å²) in [6, 6.07) is 3.01. The third-order valence-corrected chi connectivity index (χ3v) is 6.30. The van der Waals surface area contributed by atoms with Crippen LogP contribution in [0.2, 0.25) is 10.0 Å². The van der Waals surface area contributed by atoms with E-state index in [1.807, 2.05) is 0 Å². The number of ether oxygens (including phenoxy) is 1. The van der Waals surface area contributed by atoms with E-state index in [2.05, 4.69) is 15.5 Å². The van der Waals surface area contributed by atoms with E-state index in [4.69, 9.17) is 39.5 Å². The molecule has 1 aromatic carbocycles. The molecule has 0 aliphatic heterocycles. The molecule has 2 bridgehead atoms. The second kappa shape index (κ2) is 7.81. The number of carbonyl (C=O) groups excluding carboxylic acids is 2. The molecule has 1 aromatic heterocycles. The van der Waals surface area contributed by atoms with Crippen LogP contribution in [-0.2, 0) is 11.3 Å². The van der Waals surface area contributed by atoms with Crippen molar-refractivity contribution in [3.8, 4) is 5.75 Å². The Labute approximate surface area is 175 Å². The van der Waals surface area contributed by atoms with Crippen molar-refractivity contribution in [2.24, 2.45) is 11.8 Å². The molecule has 2 aromatic rings. The predicted octanol–water partition coefficient (Wildman–Crippen LogP) is 3.73. The maximum absolute atomic E-state index is 13.1. The van der Waals surface area contributed by atoms with Crippen molar-refractivity contribution in [1.29, 1.82) is 0 Å². The van der Waals surface area contributed by atoms with Gasteiger partial charge in [0.15, 0.2) is 17.3 Å². The van der Waals surface area contributed by atoms with Crippen LogP contribution >= 0.6 is 34.8 Å². The van der Waals surface area contributed by atoms with Crippen LogP contribution in [0.3, 0.4) is 0 Å². The summed E-state index contributed by atoms with van der Waals surface area (Å²) >= 11 is 19.0. The van der Waals surface area contributed by atoms with E-state index in [0.29, 0.717) is 18.0 Å². The fraction of sp³-hybridized carbons (Fsp3) is 0.389. The third kappa shape index (κ3) is 3.43. The van der Waals surface area contributed by atoms with Crippen LogP contribution in [-0.4, -0.2) is 38.4 Å². The zero-order valence-electron chi connectivity index (χ0n) is 14.6. The molecule has 1 fully saturated rings. The van der Waals surface area contributed by atoms with Crippen LogP contribution in [0.4, 0.5) is 0 Å². The Kier molecular flexibility index (Phi) is 5.40. The fourth-order valence-corrected chi connectivity index (χ4v) is 4.64. The van der Waals surface area contributed by atoms with Crippen molar-refractivity contribution in [2.75, 3.05) is 6.61 Å². The molecule has 0 N–H and O–H groups in total. The van der Waals surface area contributed by atoms with E-state index >= 15 is 0 Å². The van der Waals surface area contributed by atoms with E-state index < -0.39 is 5.78 Å². The van der Waals surface area contributed by atoms with Crippen molar-refractivity contribution in [1.82, 2.24) is 20.2 Å². The zero-order chi connectivity index (χ0) is 19.8. The lowest BCUT2D eigenvalue weighted by Crippen LogP contribution is -2.26. The molecule has 0 radical (unpaired) electrons. The molecule has 146 valence electrons. The van der Waals surface area contributed by atoms with Crippen molar-refractivity contribution in [2.45, 2.75) is 25.8 Å². The number of fused-ring (bicyclic) bond motifs is 2. The van der Waals surface area contributed by atoms with E-state index in [1.165, 1.54) is 23.1 Å². The number of aromatic nitrogens is 4. The molecule has 2 unspecified atom stereocenters. The third-order valence-electron chi connectivity index (χ3n) is 5.13. The number of hydrogen-bond donors (Lipinski definition) is 0. The second-order valence-corrected chi connectivity index (χ2v) is 7.97. The molecule has 1 heterocycles. The van der Waals surface area contributed by atoms with Gasteiger partial charge >= 0.3 is 0 Å². The SMILES string of the molecule is O=C(C1=C(Cl)C2CCC(C2)C1=O)c1ccc(Cl)c(OCCn2cnnn2)c1Cl. The minimum Gasteiger partial charge on any atom is -0.488 e. The van der Waals surface area contributed by atoms with Crippen LogP contribution in [0.25, 0.3) is 0 Å². The first kappa shape index (κ1) is 19.4. The van der Waals surface area contributed by atoms with Gasteiger partial charge in [-0.25, -0.2) is 4.68 Å². The van der Waals surface area contributed by atoms with E-state index in [1.54, 1.807) is 0 Å². The van der Waals surface area contributed by atoms with Gasteiger partial charge < -0.3 is 4.74 Å². The molecule has 7 nitrogen and oxygen atoms in total. The second-order valence-electron chi connectivity index (χ2n) is 6.78. The predicted molar refractivity (Wildman–Crippen MR) is 103 cm³/mol. The number of carbonyl (C=O) groups is 2. The topological polar surface area (TPSA) is 87.0 Å². The molecular weight excluding hydrogens is 427 g/mol. The first-order valence-corrected chi connectivity index (χ1v) is 9.91. The molecule has 0 saturated heterocycles. The summed E-state index contributed by atoms with van der Waals surface area (Å²) < 4.78 is 7.14. The van der Waals surface area contributed by atoms with Gasteiger partial charge in [-0.05, 0) is 47.7 Å². The maximum Gasteiger partial charge on any atom is 0.199 e. The van der Waals surface area contributed by atoms with Crippen molar-refractivity contribution >= 4 is 46.4 Å². The van der Waals surface area contributed by atoms with Crippen LogP contribution < -0.4 is 4.74 Å². The number of ketones is 2. The summed E-state index contributed by atoms with van der Waals surface area (Å²) in [6.07, 6.45) is 3.75. The first-order chi connectivity index (χ1) is 13.5. The normalized spacial score (nSPS) is 21.3. The Bertz CT molecular complexity index is 975. The number of allylic oxidation sites excluding steroid dienone is 2. The van der Waals surface area contributed by atoms with Crippen LogP contribution in [0, 0.1) is 11.8 Å². The summed E-state index contributed by atoms with van der Waals surface area (Å²) in [6.45, 7) is 0.561. The number of hydrogen-bond acceptors (Lipinski definition) is 6. The Balaban J connectivity index is 1.60. The van der Waals surface area contributed by atoms with Gasteiger partial charge in [0, 0.05) is 16.5 Å². The van der Waals surface area contributed by atoms with Gasteiger partial charge in [-0.2, -0.15) is 0 Å². The highest BCUT2D eigenvalue weighted by molar-refractivity contribution is 6.44. The zero-order valence-corrected chi connectivity index (χ0v) is 16.8. The van der Waals surface area contributed by atoms with Gasteiger partial charge in [-0.15, -0.1) is 5.10 Å². The Morgan fingerprint density at radius 2 is 2.00 bits per heavy atom. The summed E-state index contributed by atoms with van der Waals surface area (Å²) in [5.74, 6) is -0.578. The lowest BCUT2D eigenvalue weighted by molar-refractivity contribution is -0.119. The van der Waals surface area contributed by atoms with Gasteiger partial charge in [-0.1, -0.05) is 34.8 Å². The molecule has 0 spiro atoms. The van der Waals surface area contributed by atoms with E-state index in [9.17, 15) is 9.59 Å². The quantitative estimate of drug-likeness (QED) is 0.501. The summed E-state index contributed by atoms with van der Waals surface area (Å²) in [5, 5.41) is 11.5. The molecular formula is C18H15Cl3N4O3. The highest BCUT2D eigenvalue weighted by Gasteiger charge is 2.43. The number of rotatable bonds is 6. The monoisotopic (exact) mass is 440 g/mol. The first-order valence-electron chi connectivity index (χ1n) is 8.77. The molecule has 10 heteroatoms. The molecule has 2 aliphatic carbocycles. The van der Waals surface area contributed by atoms with Gasteiger partial charge in [0.2, 0.25) is 0 Å². The average Bonchev–Trinajstić information content (AvgIpc) is 3.34. The summed E-state index contributed by atoms with van der Waals surface area (Å²) in [7, 11) is 0. The van der Waals surface area contributed by atoms with Crippen LogP contribution in [0.5, 0.6) is 5.75 Å². The summed E-state index contributed by atoms with van der Waals surface area (Å²) in [5.41, 5.74) is 0.190. The van der Waals surface area contributed by atoms with Gasteiger partial charge in [0.25, 0.3) is 0 Å². The minimum atomic E-state index is -0.487. The Morgan fingerprint density at radius 3 is 2.75 bits per heavy atom. The molecule has 4 rings (SSSR count). The van der Waals surface area contributed by atoms with Crippen LogP contribution in [0.15, 0.2) is 29.1 Å². The van der Waals surface area contributed by atoms with Gasteiger partial charge in [0.1, 0.15) is 12.9 Å². The van der Waals surface area contributed by atoms with Crippen LogP contribution in [0.1, 0.15) is 29.6 Å². The largest absolute Gasteiger partial charge is 0.488 e. The number of tetrazole rings is 1. The van der Waals surface area contributed by atoms with E-state index in [0.717, 1.165) is 12.8 Å². The number of nitrogens with zero attached hydrogens (tertiary/aromatic N) is 4. The lowest BCUT2D eigenvalue weighted by Gasteiger charge is -2.21. The standard InChI is InChI=1S/C18H15Cl3N4O3/c19-12-4-3-11(15(21)18(12)28-6-5-25-8-22-23-24-25)17(27)13-14(20)9-1-2-10(7-9)16(13)26/h3-4,8-10H,1-2,5-7H2. The summed E-state index contributed by atoms with van der Waals surface area (Å²) in [4.78, 5) is 25.8. The van der Waals surface area contributed by atoms with Crippen molar-refractivity contribution in [3.63, 3.8) is 0 Å². The molecule has 1 saturated carbocycles. The number of benzene rings is 1. The Hall–Kier alpha value is -1.96. The highest BCUT2D eigenvalue weighted by Crippen LogP contribution is 2.46. The van der Waals surface area contributed by atoms with Crippen molar-refractivity contribution in [3.05, 3.63) is 44.7 Å². The minimum absolute atomic E-state index is 0.0456. The Morgan fingerprint density at radius 1 is 1.21 bits per heavy atom. The lowest BCUT2D eigenvalue weighted by atomic mass is 9.84. The van der Waals surface area contributed by atoms with Gasteiger partial charge in [0.05, 0.1) is 22.2 Å². The van der Waals surface area contributed by atoms with E-state index in [-0.39, 0.29) is 51.2 Å². The fourth-order valence-electron chi connectivity index (χ4n) is 3.69. The molecule has 0 amide bonds. The molecule has 2 aliphatic rings. The maximum atomic E-state index is 13.1. The average molecular weight is 442 g/mol.